The molecular weight excluding hydrogens is 450 g/mol. The molecule has 3 unspecified atom stereocenters. The van der Waals surface area contributed by atoms with Crippen molar-refractivity contribution in [2.75, 3.05) is 13.7 Å². The topological polar surface area (TPSA) is 48.0 Å². The third-order valence-electron chi connectivity index (χ3n) is 7.49. The lowest BCUT2D eigenvalue weighted by atomic mass is 9.96. The zero-order valence-corrected chi connectivity index (χ0v) is 21.2. The third kappa shape index (κ3) is 5.26. The number of hydrogen-bond donors (Lipinski definition) is 0. The van der Waals surface area contributed by atoms with Crippen LogP contribution in [0, 0.1) is 5.92 Å². The zero-order valence-electron chi connectivity index (χ0n) is 21.2. The number of amides is 1. The van der Waals surface area contributed by atoms with E-state index in [1.54, 1.807) is 7.11 Å². The summed E-state index contributed by atoms with van der Waals surface area (Å²) in [5.41, 5.74) is 4.25. The average molecular weight is 486 g/mol. The molecule has 1 amide bonds. The second kappa shape index (κ2) is 11.2. The highest BCUT2D eigenvalue weighted by Gasteiger charge is 2.35. The number of hydrogen-bond acceptors (Lipinski definition) is 4. The van der Waals surface area contributed by atoms with Crippen molar-refractivity contribution in [2.45, 2.75) is 58.0 Å². The van der Waals surface area contributed by atoms with Crippen LogP contribution in [0.1, 0.15) is 54.5 Å². The zero-order chi connectivity index (χ0) is 24.9. The van der Waals surface area contributed by atoms with Crippen molar-refractivity contribution in [2.24, 2.45) is 5.92 Å². The first kappa shape index (κ1) is 24.4. The molecule has 0 spiro atoms. The largest absolute Gasteiger partial charge is 0.493 e. The molecule has 5 nitrogen and oxygen atoms in total. The van der Waals surface area contributed by atoms with Crippen LogP contribution < -0.4 is 9.47 Å². The Bertz CT molecular complexity index is 1160. The molecule has 3 atom stereocenters. The van der Waals surface area contributed by atoms with Gasteiger partial charge in [-0.2, -0.15) is 0 Å². The van der Waals surface area contributed by atoms with Crippen LogP contribution in [-0.4, -0.2) is 30.6 Å². The normalized spacial score (nSPS) is 20.0. The number of benzene rings is 3. The van der Waals surface area contributed by atoms with Gasteiger partial charge in [0.15, 0.2) is 17.6 Å². The lowest BCUT2D eigenvalue weighted by Crippen LogP contribution is -2.41. The number of fused-ring (bicyclic) bond motifs is 1. The van der Waals surface area contributed by atoms with Gasteiger partial charge in [0, 0.05) is 18.7 Å². The fourth-order valence-corrected chi connectivity index (χ4v) is 5.40. The molecule has 0 bridgehead atoms. The second-order valence-electron chi connectivity index (χ2n) is 9.89. The molecular formula is C31H35NO4. The SMILES string of the molecule is COc1ccc2c(c1OCc1ccccc1)CCN(C(=O)C(OC1CCCC1C)c1ccccc1)C2. The van der Waals surface area contributed by atoms with Crippen LogP contribution in [0.15, 0.2) is 72.8 Å². The smallest absolute Gasteiger partial charge is 0.256 e. The van der Waals surface area contributed by atoms with Crippen LogP contribution in [0.2, 0.25) is 0 Å². The van der Waals surface area contributed by atoms with E-state index < -0.39 is 6.10 Å². The quantitative estimate of drug-likeness (QED) is 0.387. The summed E-state index contributed by atoms with van der Waals surface area (Å²) in [5.74, 6) is 2.02. The maximum Gasteiger partial charge on any atom is 0.256 e. The summed E-state index contributed by atoms with van der Waals surface area (Å²) in [6.07, 6.45) is 3.59. The van der Waals surface area contributed by atoms with Gasteiger partial charge in [-0.15, -0.1) is 0 Å². The average Bonchev–Trinajstić information content (AvgIpc) is 3.34. The van der Waals surface area contributed by atoms with Crippen molar-refractivity contribution in [3.63, 3.8) is 0 Å². The van der Waals surface area contributed by atoms with Crippen LogP contribution >= 0.6 is 0 Å². The number of carbonyl (C=O) groups is 1. The Morgan fingerprint density at radius 2 is 1.75 bits per heavy atom. The van der Waals surface area contributed by atoms with Crippen LogP contribution in [0.5, 0.6) is 11.5 Å². The molecule has 3 aromatic carbocycles. The van der Waals surface area contributed by atoms with E-state index in [2.05, 4.69) is 25.1 Å². The maximum absolute atomic E-state index is 13.9. The van der Waals surface area contributed by atoms with Gasteiger partial charge in [-0.05, 0) is 47.9 Å². The van der Waals surface area contributed by atoms with Gasteiger partial charge < -0.3 is 19.1 Å². The minimum Gasteiger partial charge on any atom is -0.493 e. The van der Waals surface area contributed by atoms with Crippen molar-refractivity contribution >= 4 is 5.91 Å². The van der Waals surface area contributed by atoms with Gasteiger partial charge >= 0.3 is 0 Å². The van der Waals surface area contributed by atoms with Crippen molar-refractivity contribution in [1.82, 2.24) is 4.90 Å². The van der Waals surface area contributed by atoms with Crippen LogP contribution in [0.25, 0.3) is 0 Å². The van der Waals surface area contributed by atoms with Gasteiger partial charge in [0.25, 0.3) is 5.91 Å². The first-order chi connectivity index (χ1) is 17.6. The maximum atomic E-state index is 13.9. The van der Waals surface area contributed by atoms with Gasteiger partial charge in [0.1, 0.15) is 6.61 Å². The van der Waals surface area contributed by atoms with E-state index in [0.717, 1.165) is 53.0 Å². The number of methoxy groups -OCH3 is 1. The molecule has 0 saturated heterocycles. The highest BCUT2D eigenvalue weighted by atomic mass is 16.5. The molecule has 5 rings (SSSR count). The number of rotatable bonds is 8. The second-order valence-corrected chi connectivity index (χ2v) is 9.89. The first-order valence-corrected chi connectivity index (χ1v) is 13.0. The Hall–Kier alpha value is -3.31. The van der Waals surface area contributed by atoms with Crippen molar-refractivity contribution in [3.05, 3.63) is 95.1 Å². The molecule has 188 valence electrons. The minimum absolute atomic E-state index is 0.0357. The molecule has 0 aromatic heterocycles. The van der Waals surface area contributed by atoms with E-state index >= 15 is 0 Å². The Kier molecular flexibility index (Phi) is 7.57. The predicted molar refractivity (Wildman–Crippen MR) is 140 cm³/mol. The van der Waals surface area contributed by atoms with Crippen LogP contribution in [0.3, 0.4) is 0 Å². The van der Waals surface area contributed by atoms with Crippen molar-refractivity contribution < 1.29 is 19.0 Å². The summed E-state index contributed by atoms with van der Waals surface area (Å²) in [7, 11) is 1.67. The monoisotopic (exact) mass is 485 g/mol. The Morgan fingerprint density at radius 1 is 1.00 bits per heavy atom. The Labute approximate surface area is 214 Å². The molecule has 5 heteroatoms. The summed E-state index contributed by atoms with van der Waals surface area (Å²) >= 11 is 0. The standard InChI is InChI=1S/C31H35NO4/c1-22-10-9-15-27(22)36-29(24-13-7-4-8-14-24)31(33)32-19-18-26-25(20-32)16-17-28(34-2)30(26)35-21-23-11-5-3-6-12-23/h3-8,11-14,16-17,22,27,29H,9-10,15,18-21H2,1-2H3. The van der Waals surface area contributed by atoms with E-state index in [1.807, 2.05) is 59.5 Å². The third-order valence-corrected chi connectivity index (χ3v) is 7.49. The number of ether oxygens (including phenoxy) is 3. The van der Waals surface area contributed by atoms with Gasteiger partial charge in [-0.25, -0.2) is 0 Å². The summed E-state index contributed by atoms with van der Waals surface area (Å²) in [6, 6.07) is 24.1. The molecule has 0 N–H and O–H groups in total. The first-order valence-electron chi connectivity index (χ1n) is 13.0. The van der Waals surface area contributed by atoms with Gasteiger partial charge in [-0.3, -0.25) is 4.79 Å². The van der Waals surface area contributed by atoms with E-state index in [1.165, 1.54) is 0 Å². The molecule has 36 heavy (non-hydrogen) atoms. The van der Waals surface area contributed by atoms with Gasteiger partial charge in [-0.1, -0.05) is 80.1 Å². The fraction of sp³-hybridized carbons (Fsp3) is 0.387. The van der Waals surface area contributed by atoms with E-state index in [4.69, 9.17) is 14.2 Å². The highest BCUT2D eigenvalue weighted by Crippen LogP contribution is 2.39. The van der Waals surface area contributed by atoms with Gasteiger partial charge in [0.05, 0.1) is 13.2 Å². The van der Waals surface area contributed by atoms with E-state index in [9.17, 15) is 4.79 Å². The van der Waals surface area contributed by atoms with Crippen molar-refractivity contribution in [1.29, 1.82) is 0 Å². The van der Waals surface area contributed by atoms with Crippen LogP contribution in [-0.2, 0) is 29.1 Å². The highest BCUT2D eigenvalue weighted by molar-refractivity contribution is 5.82. The Balaban J connectivity index is 1.36. The number of nitrogens with zero attached hydrogens (tertiary/aromatic N) is 1. The minimum atomic E-state index is -0.578. The lowest BCUT2D eigenvalue weighted by molar-refractivity contribution is -0.150. The predicted octanol–water partition coefficient (Wildman–Crippen LogP) is 6.11. The fourth-order valence-electron chi connectivity index (χ4n) is 5.40. The summed E-state index contributed by atoms with van der Waals surface area (Å²) in [5, 5.41) is 0. The summed E-state index contributed by atoms with van der Waals surface area (Å²) < 4.78 is 18.4. The van der Waals surface area contributed by atoms with E-state index in [-0.39, 0.29) is 12.0 Å². The molecule has 0 radical (unpaired) electrons. The molecule has 1 fully saturated rings. The Morgan fingerprint density at radius 3 is 2.44 bits per heavy atom. The molecule has 3 aromatic rings. The molecule has 1 aliphatic carbocycles. The van der Waals surface area contributed by atoms with Crippen molar-refractivity contribution in [3.8, 4) is 11.5 Å². The molecule has 1 saturated carbocycles. The van der Waals surface area contributed by atoms with Gasteiger partial charge in [0.2, 0.25) is 0 Å². The molecule has 2 aliphatic rings. The molecule has 1 aliphatic heterocycles. The van der Waals surface area contributed by atoms with E-state index in [0.29, 0.717) is 32.0 Å². The molecule has 1 heterocycles. The lowest BCUT2D eigenvalue weighted by Gasteiger charge is -2.34. The number of carbonyl (C=O) groups excluding carboxylic acids is 1. The summed E-state index contributed by atoms with van der Waals surface area (Å²) in [6.45, 7) is 3.85. The van der Waals surface area contributed by atoms with Crippen LogP contribution in [0.4, 0.5) is 0 Å². The summed E-state index contributed by atoms with van der Waals surface area (Å²) in [4.78, 5) is 15.8.